The number of ketones is 1. The van der Waals surface area contributed by atoms with Gasteiger partial charge in [0, 0.05) is 5.56 Å². The molecule has 0 spiro atoms. The van der Waals surface area contributed by atoms with Gasteiger partial charge in [0.15, 0.2) is 0 Å². The Labute approximate surface area is 177 Å². The number of rotatable bonds is 4. The molecule has 30 heavy (non-hydrogen) atoms. The van der Waals surface area contributed by atoms with Crippen molar-refractivity contribution in [2.45, 2.75) is 19.9 Å². The second kappa shape index (κ2) is 7.72. The molecule has 0 radical (unpaired) electrons. The van der Waals surface area contributed by atoms with E-state index in [-0.39, 0.29) is 11.3 Å². The third-order valence-electron chi connectivity index (χ3n) is 4.92. The minimum Gasteiger partial charge on any atom is -0.507 e. The molecule has 0 aliphatic carbocycles. The van der Waals surface area contributed by atoms with Crippen molar-refractivity contribution < 1.29 is 19.4 Å². The first kappa shape index (κ1) is 19.8. The molecule has 0 saturated carbocycles. The topological polar surface area (TPSA) is 92.6 Å². The summed E-state index contributed by atoms with van der Waals surface area (Å²) in [6.07, 6.45) is 0. The standard InChI is InChI=1S/C22H19N3O4S/c1-12-4-6-14(7-5-12)18-17(19(26)15-8-10-16(29-3)11-9-15)20(27)21(28)25(18)22-24-23-13(2)30-22/h4-11,18,26H,1-3H3/t18-/m0/s1. The number of ether oxygens (including phenoxy) is 1. The van der Waals surface area contributed by atoms with Gasteiger partial charge in [-0.25, -0.2) is 0 Å². The van der Waals surface area contributed by atoms with Crippen molar-refractivity contribution in [3.63, 3.8) is 0 Å². The number of aryl methyl sites for hydroxylation is 2. The highest BCUT2D eigenvalue weighted by atomic mass is 32.1. The average Bonchev–Trinajstić information content (AvgIpc) is 3.29. The van der Waals surface area contributed by atoms with Crippen LogP contribution in [0.1, 0.15) is 27.7 Å². The van der Waals surface area contributed by atoms with Gasteiger partial charge in [-0.15, -0.1) is 10.2 Å². The van der Waals surface area contributed by atoms with Gasteiger partial charge < -0.3 is 9.84 Å². The SMILES string of the molecule is COc1ccc(C(O)=C2C(=O)C(=O)N(c3nnc(C)s3)[C@H]2c2ccc(C)cc2)cc1. The Morgan fingerprint density at radius 3 is 2.27 bits per heavy atom. The molecule has 7 nitrogen and oxygen atoms in total. The van der Waals surface area contributed by atoms with Gasteiger partial charge in [-0.2, -0.15) is 0 Å². The Kier molecular flexibility index (Phi) is 5.09. The zero-order valence-corrected chi connectivity index (χ0v) is 17.4. The number of carbonyl (C=O) groups is 2. The number of hydrogen-bond donors (Lipinski definition) is 1. The molecule has 3 aromatic rings. The first-order valence-electron chi connectivity index (χ1n) is 9.23. The predicted molar refractivity (Wildman–Crippen MR) is 114 cm³/mol. The predicted octanol–water partition coefficient (Wildman–Crippen LogP) is 3.79. The van der Waals surface area contributed by atoms with E-state index < -0.39 is 17.7 Å². The van der Waals surface area contributed by atoms with Crippen LogP contribution in [-0.4, -0.2) is 34.1 Å². The fourth-order valence-corrected chi connectivity index (χ4v) is 4.10. The summed E-state index contributed by atoms with van der Waals surface area (Å²) in [5.74, 6) is -1.13. The van der Waals surface area contributed by atoms with Gasteiger partial charge in [-0.05, 0) is 43.7 Å². The second-order valence-electron chi connectivity index (χ2n) is 6.91. The number of amides is 1. The average molecular weight is 421 g/mol. The molecule has 2 aromatic carbocycles. The molecule has 2 heterocycles. The van der Waals surface area contributed by atoms with E-state index >= 15 is 0 Å². The van der Waals surface area contributed by atoms with Crippen LogP contribution >= 0.6 is 11.3 Å². The van der Waals surface area contributed by atoms with Crippen LogP contribution in [0.2, 0.25) is 0 Å². The van der Waals surface area contributed by atoms with Crippen molar-refractivity contribution in [1.82, 2.24) is 10.2 Å². The van der Waals surface area contributed by atoms with Gasteiger partial charge in [0.25, 0.3) is 5.78 Å². The van der Waals surface area contributed by atoms with Gasteiger partial charge in [-0.1, -0.05) is 41.2 Å². The molecule has 8 heteroatoms. The van der Waals surface area contributed by atoms with Crippen molar-refractivity contribution in [3.8, 4) is 5.75 Å². The Balaban J connectivity index is 1.91. The van der Waals surface area contributed by atoms with Crippen LogP contribution in [0, 0.1) is 13.8 Å². The third-order valence-corrected chi connectivity index (χ3v) is 5.76. The highest BCUT2D eigenvalue weighted by Gasteiger charge is 2.48. The molecular formula is C22H19N3O4S. The van der Waals surface area contributed by atoms with E-state index in [1.54, 1.807) is 38.3 Å². The summed E-state index contributed by atoms with van der Waals surface area (Å²) >= 11 is 1.22. The van der Waals surface area contributed by atoms with Crippen molar-refractivity contribution >= 4 is 33.9 Å². The summed E-state index contributed by atoms with van der Waals surface area (Å²) in [7, 11) is 1.54. The molecule has 1 amide bonds. The summed E-state index contributed by atoms with van der Waals surface area (Å²) in [6, 6.07) is 13.3. The molecule has 152 valence electrons. The minimum atomic E-state index is -0.806. The fraction of sp³-hybridized carbons (Fsp3) is 0.182. The van der Waals surface area contributed by atoms with Crippen LogP contribution < -0.4 is 9.64 Å². The van der Waals surface area contributed by atoms with E-state index in [9.17, 15) is 14.7 Å². The summed E-state index contributed by atoms with van der Waals surface area (Å²) in [6.45, 7) is 3.72. The third kappa shape index (κ3) is 3.35. The van der Waals surface area contributed by atoms with Gasteiger partial charge >= 0.3 is 5.91 Å². The molecular weight excluding hydrogens is 402 g/mol. The lowest BCUT2D eigenvalue weighted by molar-refractivity contribution is -0.132. The summed E-state index contributed by atoms with van der Waals surface area (Å²) in [5.41, 5.74) is 2.17. The number of aliphatic hydroxyl groups is 1. The summed E-state index contributed by atoms with van der Waals surface area (Å²) in [5, 5.41) is 20.1. The zero-order valence-electron chi connectivity index (χ0n) is 16.6. The van der Waals surface area contributed by atoms with E-state index in [2.05, 4.69) is 10.2 Å². The molecule has 1 N–H and O–H groups in total. The normalized spacial score (nSPS) is 18.1. The largest absolute Gasteiger partial charge is 0.507 e. The molecule has 1 aliphatic rings. The van der Waals surface area contributed by atoms with E-state index in [4.69, 9.17) is 4.74 Å². The monoisotopic (exact) mass is 421 g/mol. The Morgan fingerprint density at radius 2 is 1.70 bits per heavy atom. The highest BCUT2D eigenvalue weighted by molar-refractivity contribution is 7.15. The zero-order chi connectivity index (χ0) is 21.4. The van der Waals surface area contributed by atoms with E-state index in [1.165, 1.54) is 16.2 Å². The summed E-state index contributed by atoms with van der Waals surface area (Å²) < 4.78 is 5.15. The second-order valence-corrected chi connectivity index (χ2v) is 8.07. The number of nitrogens with zero attached hydrogens (tertiary/aromatic N) is 3. The number of Topliss-reactive ketones (excluding diaryl/α,β-unsaturated/α-hetero) is 1. The quantitative estimate of drug-likeness (QED) is 0.391. The van der Waals surface area contributed by atoms with Crippen molar-refractivity contribution in [2.24, 2.45) is 0 Å². The van der Waals surface area contributed by atoms with Crippen molar-refractivity contribution in [1.29, 1.82) is 0 Å². The van der Waals surface area contributed by atoms with Crippen molar-refractivity contribution in [2.75, 3.05) is 12.0 Å². The number of hydrogen-bond acceptors (Lipinski definition) is 7. The van der Waals surface area contributed by atoms with Crippen LogP contribution in [0.25, 0.3) is 5.76 Å². The van der Waals surface area contributed by atoms with Crippen LogP contribution in [0.4, 0.5) is 5.13 Å². The number of aliphatic hydroxyl groups excluding tert-OH is 1. The summed E-state index contributed by atoms with van der Waals surface area (Å²) in [4.78, 5) is 27.3. The van der Waals surface area contributed by atoms with Gasteiger partial charge in [0.05, 0.1) is 18.7 Å². The Morgan fingerprint density at radius 1 is 1.03 bits per heavy atom. The van der Waals surface area contributed by atoms with Crippen LogP contribution in [0.5, 0.6) is 5.75 Å². The maximum Gasteiger partial charge on any atom is 0.301 e. The van der Waals surface area contributed by atoms with Crippen LogP contribution in [0.15, 0.2) is 54.1 Å². The van der Waals surface area contributed by atoms with Gasteiger partial charge in [-0.3, -0.25) is 14.5 Å². The lowest BCUT2D eigenvalue weighted by Gasteiger charge is -2.22. The molecule has 0 unspecified atom stereocenters. The van der Waals surface area contributed by atoms with Gasteiger partial charge in [0.2, 0.25) is 5.13 Å². The molecule has 1 saturated heterocycles. The minimum absolute atomic E-state index is 0.0156. The number of anilines is 1. The number of benzene rings is 2. The van der Waals surface area contributed by atoms with E-state index in [0.29, 0.717) is 27.0 Å². The lowest BCUT2D eigenvalue weighted by atomic mass is 9.95. The maximum absolute atomic E-state index is 13.0. The number of aromatic nitrogens is 2. The maximum atomic E-state index is 13.0. The number of methoxy groups -OCH3 is 1. The van der Waals surface area contributed by atoms with Crippen LogP contribution in [0.3, 0.4) is 0 Å². The molecule has 4 rings (SSSR count). The molecule has 0 bridgehead atoms. The molecule has 1 atom stereocenters. The van der Waals surface area contributed by atoms with Gasteiger partial charge in [0.1, 0.15) is 16.5 Å². The van der Waals surface area contributed by atoms with Crippen LogP contribution in [-0.2, 0) is 9.59 Å². The smallest absolute Gasteiger partial charge is 0.301 e. The van der Waals surface area contributed by atoms with E-state index in [1.807, 2.05) is 31.2 Å². The van der Waals surface area contributed by atoms with Crippen molar-refractivity contribution in [3.05, 3.63) is 75.8 Å². The number of carbonyl (C=O) groups excluding carboxylic acids is 2. The molecule has 1 aliphatic heterocycles. The molecule has 1 aromatic heterocycles. The molecule has 1 fully saturated rings. The Hall–Kier alpha value is -3.52. The van der Waals surface area contributed by atoms with E-state index in [0.717, 1.165) is 5.56 Å². The first-order valence-corrected chi connectivity index (χ1v) is 10.0. The highest BCUT2D eigenvalue weighted by Crippen LogP contribution is 2.43. The Bertz CT molecular complexity index is 1150. The lowest BCUT2D eigenvalue weighted by Crippen LogP contribution is -2.29. The first-order chi connectivity index (χ1) is 14.4. The fourth-order valence-electron chi connectivity index (χ4n) is 3.38.